The van der Waals surface area contributed by atoms with E-state index in [0.717, 1.165) is 80.1 Å². The fraction of sp³-hybridized carbons (Fsp3) is 0.286. The highest BCUT2D eigenvalue weighted by Crippen LogP contribution is 2.59. The maximum absolute atomic E-state index is 15.5. The third kappa shape index (κ3) is 6.45. The summed E-state index contributed by atoms with van der Waals surface area (Å²) in [6.07, 6.45) is -10.6. The van der Waals surface area contributed by atoms with E-state index in [-0.39, 0.29) is 29.7 Å². The van der Waals surface area contributed by atoms with Gasteiger partial charge in [0.2, 0.25) is 5.41 Å². The Bertz CT molecular complexity index is 3020. The Hall–Kier alpha value is -6.82. The zero-order valence-electron chi connectivity index (χ0n) is 38.4. The molecular formula is C56H48F6N2O4. The zero-order valence-corrected chi connectivity index (χ0v) is 38.4. The number of alkyl halides is 6. The van der Waals surface area contributed by atoms with Gasteiger partial charge in [-0.05, 0) is 111 Å². The summed E-state index contributed by atoms with van der Waals surface area (Å²) in [5.41, 5.74) is 0.832. The summed E-state index contributed by atoms with van der Waals surface area (Å²) in [6.45, 7) is 8.00. The van der Waals surface area contributed by atoms with Crippen LogP contribution in [0.15, 0.2) is 109 Å². The SMILES string of the molecule is CCc1cc(C2(c3cc(CC)c(N4C(=O)c5ccc(C(c6ccc7c(c6)C(=O)CCC7=O)(C(F)(F)F)C(F)(F)F)cc5C4=O)c(CC)c3)c3ccccc3-c3ccccc32)cc(CC)c1N(C)C. The van der Waals surface area contributed by atoms with Gasteiger partial charge in [0.25, 0.3) is 11.8 Å². The highest BCUT2D eigenvalue weighted by Gasteiger charge is 2.73. The number of nitrogens with zero attached hydrogens (tertiary/aromatic N) is 2. The molecular weight excluding hydrogens is 879 g/mol. The molecule has 2 amide bonds. The molecule has 0 radical (unpaired) electrons. The third-order valence-electron chi connectivity index (χ3n) is 14.4. The van der Waals surface area contributed by atoms with Gasteiger partial charge in [0, 0.05) is 43.8 Å². The number of fused-ring (bicyclic) bond motifs is 5. The fourth-order valence-corrected chi connectivity index (χ4v) is 11.3. The van der Waals surface area contributed by atoms with E-state index in [4.69, 9.17) is 0 Å². The number of halogens is 6. The molecule has 0 unspecified atom stereocenters. The lowest BCUT2D eigenvalue weighted by Crippen LogP contribution is -2.55. The van der Waals surface area contributed by atoms with Gasteiger partial charge in [-0.25, -0.2) is 4.90 Å². The molecule has 0 saturated heterocycles. The lowest BCUT2D eigenvalue weighted by Gasteiger charge is -2.39. The number of benzene rings is 6. The van der Waals surface area contributed by atoms with Crippen LogP contribution in [0.3, 0.4) is 0 Å². The van der Waals surface area contributed by atoms with E-state index in [2.05, 4.69) is 55.1 Å². The molecule has 12 heteroatoms. The van der Waals surface area contributed by atoms with Crippen LogP contribution in [0.4, 0.5) is 37.7 Å². The lowest BCUT2D eigenvalue weighted by molar-refractivity contribution is -0.288. The van der Waals surface area contributed by atoms with Gasteiger partial charge in [0.1, 0.15) is 0 Å². The summed E-state index contributed by atoms with van der Waals surface area (Å²) in [7, 11) is 4.07. The van der Waals surface area contributed by atoms with Crippen molar-refractivity contribution < 1.29 is 45.5 Å². The summed E-state index contributed by atoms with van der Waals surface area (Å²) >= 11 is 0. The van der Waals surface area contributed by atoms with Crippen molar-refractivity contribution >= 4 is 34.8 Å². The van der Waals surface area contributed by atoms with Gasteiger partial charge in [-0.3, -0.25) is 19.2 Å². The van der Waals surface area contributed by atoms with Crippen molar-refractivity contribution in [3.05, 3.63) is 187 Å². The van der Waals surface area contributed by atoms with Crippen molar-refractivity contribution in [3.8, 4) is 11.1 Å². The van der Waals surface area contributed by atoms with Gasteiger partial charge in [-0.2, -0.15) is 26.3 Å². The molecule has 0 fully saturated rings. The van der Waals surface area contributed by atoms with E-state index in [1.807, 2.05) is 64.3 Å². The first-order valence-electron chi connectivity index (χ1n) is 22.9. The van der Waals surface area contributed by atoms with E-state index in [1.54, 1.807) is 0 Å². The molecule has 0 saturated carbocycles. The van der Waals surface area contributed by atoms with E-state index >= 15 is 26.3 Å². The summed E-state index contributed by atoms with van der Waals surface area (Å²) in [5, 5.41) is 0. The highest BCUT2D eigenvalue weighted by molar-refractivity contribution is 6.35. The monoisotopic (exact) mass is 926 g/mol. The minimum atomic E-state index is -6.07. The molecule has 6 aromatic rings. The number of amides is 2. The normalized spacial score (nSPS) is 15.4. The van der Waals surface area contributed by atoms with E-state index in [0.29, 0.717) is 48.2 Å². The van der Waals surface area contributed by atoms with Crippen LogP contribution in [-0.4, -0.2) is 49.8 Å². The second kappa shape index (κ2) is 16.5. The smallest absolute Gasteiger partial charge is 0.377 e. The number of carbonyl (C=O) groups is 4. The average molecular weight is 927 g/mol. The highest BCUT2D eigenvalue weighted by atomic mass is 19.4. The fourth-order valence-electron chi connectivity index (χ4n) is 11.3. The molecule has 0 spiro atoms. The Morgan fingerprint density at radius 2 is 0.912 bits per heavy atom. The number of hydrogen-bond donors (Lipinski definition) is 0. The Balaban J connectivity index is 1.25. The van der Waals surface area contributed by atoms with E-state index < -0.39 is 68.8 Å². The van der Waals surface area contributed by atoms with Crippen molar-refractivity contribution in [1.29, 1.82) is 0 Å². The van der Waals surface area contributed by atoms with Crippen LogP contribution in [0.5, 0.6) is 0 Å². The largest absolute Gasteiger partial charge is 0.411 e. The average Bonchev–Trinajstić information content (AvgIpc) is 3.75. The lowest BCUT2D eigenvalue weighted by atomic mass is 9.66. The second-order valence-electron chi connectivity index (χ2n) is 18.0. The molecule has 2 aliphatic carbocycles. The molecule has 1 aliphatic heterocycles. The van der Waals surface area contributed by atoms with Crippen LogP contribution < -0.4 is 9.80 Å². The van der Waals surface area contributed by atoms with Gasteiger partial charge in [-0.15, -0.1) is 0 Å². The molecule has 348 valence electrons. The Kier molecular flexibility index (Phi) is 11.2. The number of hydrogen-bond acceptors (Lipinski definition) is 5. The van der Waals surface area contributed by atoms with E-state index in [1.165, 1.54) is 0 Å². The van der Waals surface area contributed by atoms with Crippen molar-refractivity contribution in [1.82, 2.24) is 0 Å². The number of aryl methyl sites for hydroxylation is 4. The molecule has 9 rings (SSSR count). The number of ketones is 2. The van der Waals surface area contributed by atoms with Gasteiger partial charge in [0.15, 0.2) is 11.6 Å². The summed E-state index contributed by atoms with van der Waals surface area (Å²) < 4.78 is 93.1. The number of anilines is 2. The van der Waals surface area contributed by atoms with Crippen LogP contribution in [0, 0.1) is 0 Å². The molecule has 0 aromatic heterocycles. The molecule has 0 N–H and O–H groups in total. The van der Waals surface area contributed by atoms with E-state index in [9.17, 15) is 19.2 Å². The maximum Gasteiger partial charge on any atom is 0.411 e. The molecule has 6 nitrogen and oxygen atoms in total. The Labute approximate surface area is 390 Å². The predicted octanol–water partition coefficient (Wildman–Crippen LogP) is 12.7. The topological polar surface area (TPSA) is 74.8 Å². The van der Waals surface area contributed by atoms with Crippen molar-refractivity contribution in [2.24, 2.45) is 0 Å². The van der Waals surface area contributed by atoms with Crippen molar-refractivity contribution in [2.75, 3.05) is 23.9 Å². The molecule has 6 aromatic carbocycles. The first-order chi connectivity index (χ1) is 32.3. The van der Waals surface area contributed by atoms with Gasteiger partial charge in [-0.1, -0.05) is 119 Å². The van der Waals surface area contributed by atoms with Crippen molar-refractivity contribution in [2.45, 2.75) is 89.4 Å². The maximum atomic E-state index is 15.5. The first kappa shape index (κ1) is 46.3. The number of Topliss-reactive ketones (excluding diaryl/α,β-unsaturated/α-hetero) is 2. The first-order valence-corrected chi connectivity index (χ1v) is 22.9. The quantitative estimate of drug-likeness (QED) is 0.101. The number of imide groups is 1. The van der Waals surface area contributed by atoms with Crippen LogP contribution in [0.25, 0.3) is 11.1 Å². The van der Waals surface area contributed by atoms with Crippen LogP contribution in [0.1, 0.15) is 138 Å². The standard InChI is InChI=1S/C56H48F6N2O4/c1-7-31-25-37(26-32(8-2)49(31)63(5)6)53(45-17-13-11-15-39(45)40-16-12-14-18-46(40)53)38-27-33(9-3)50(34(10-4)28-38)64-51(67)42-22-20-36(30-44(42)52(64)68)54(55(57,58)59,56(60,61)62)35-19-21-41-43(29-35)48(66)24-23-47(41)65/h11-22,25-30H,7-10,23-24H2,1-6H3. The molecule has 0 atom stereocenters. The summed E-state index contributed by atoms with van der Waals surface area (Å²) in [6, 6.07) is 28.8. The van der Waals surface area contributed by atoms with Gasteiger partial charge in [0.05, 0.1) is 22.2 Å². The third-order valence-corrected chi connectivity index (χ3v) is 14.4. The minimum absolute atomic E-state index is 0.220. The minimum Gasteiger partial charge on any atom is -0.377 e. The second-order valence-corrected chi connectivity index (χ2v) is 18.0. The number of rotatable bonds is 10. The zero-order chi connectivity index (χ0) is 48.8. The predicted molar refractivity (Wildman–Crippen MR) is 250 cm³/mol. The summed E-state index contributed by atoms with van der Waals surface area (Å²) in [4.78, 5) is 57.8. The Morgan fingerprint density at radius 1 is 0.500 bits per heavy atom. The molecule has 68 heavy (non-hydrogen) atoms. The molecule has 1 heterocycles. The van der Waals surface area contributed by atoms with Crippen LogP contribution in [0.2, 0.25) is 0 Å². The number of carbonyl (C=O) groups excluding carboxylic acids is 4. The Morgan fingerprint density at radius 3 is 1.37 bits per heavy atom. The molecule has 0 bridgehead atoms. The van der Waals surface area contributed by atoms with Crippen LogP contribution >= 0.6 is 0 Å². The van der Waals surface area contributed by atoms with Gasteiger partial charge >= 0.3 is 12.4 Å². The molecule has 3 aliphatic rings. The van der Waals surface area contributed by atoms with Gasteiger partial charge < -0.3 is 4.90 Å². The van der Waals surface area contributed by atoms with Crippen molar-refractivity contribution in [3.63, 3.8) is 0 Å². The van der Waals surface area contributed by atoms with Crippen LogP contribution in [-0.2, 0) is 36.5 Å². The summed E-state index contributed by atoms with van der Waals surface area (Å²) in [5.74, 6) is -3.30.